The SMILES string of the molecule is CC(/C=C\c1ccccc1)N1CCCC1. The van der Waals surface area contributed by atoms with Crippen LogP contribution < -0.4 is 0 Å². The lowest BCUT2D eigenvalue weighted by atomic mass is 10.2. The van der Waals surface area contributed by atoms with Crippen molar-refractivity contribution in [3.8, 4) is 0 Å². The Labute approximate surface area is 92.4 Å². The van der Waals surface area contributed by atoms with Gasteiger partial charge >= 0.3 is 0 Å². The summed E-state index contributed by atoms with van der Waals surface area (Å²) in [5.74, 6) is 0. The van der Waals surface area contributed by atoms with Gasteiger partial charge in [0.2, 0.25) is 0 Å². The van der Waals surface area contributed by atoms with Gasteiger partial charge in [-0.15, -0.1) is 0 Å². The van der Waals surface area contributed by atoms with Gasteiger partial charge in [-0.3, -0.25) is 4.90 Å². The van der Waals surface area contributed by atoms with E-state index >= 15 is 0 Å². The average molecular weight is 201 g/mol. The van der Waals surface area contributed by atoms with E-state index in [0.29, 0.717) is 6.04 Å². The Morgan fingerprint density at radius 1 is 1.13 bits per heavy atom. The quantitative estimate of drug-likeness (QED) is 0.726. The van der Waals surface area contributed by atoms with Crippen LogP contribution in [0.15, 0.2) is 36.4 Å². The molecule has 1 aliphatic rings. The van der Waals surface area contributed by atoms with Crippen LogP contribution >= 0.6 is 0 Å². The Morgan fingerprint density at radius 3 is 2.47 bits per heavy atom. The highest BCUT2D eigenvalue weighted by molar-refractivity contribution is 5.49. The zero-order chi connectivity index (χ0) is 10.5. The molecule has 0 amide bonds. The fourth-order valence-electron chi connectivity index (χ4n) is 2.09. The molecule has 80 valence electrons. The van der Waals surface area contributed by atoms with Gasteiger partial charge in [0.1, 0.15) is 0 Å². The standard InChI is InChI=1S/C14H19N/c1-13(15-11-5-6-12-15)9-10-14-7-3-2-4-8-14/h2-4,7-10,13H,5-6,11-12H2,1H3/b10-9-. The molecule has 0 radical (unpaired) electrons. The van der Waals surface area contributed by atoms with Crippen molar-refractivity contribution in [2.45, 2.75) is 25.8 Å². The molecule has 1 atom stereocenters. The fraction of sp³-hybridized carbons (Fsp3) is 0.429. The molecule has 2 rings (SSSR count). The Balaban J connectivity index is 1.93. The number of hydrogen-bond donors (Lipinski definition) is 0. The molecule has 1 aromatic carbocycles. The van der Waals surface area contributed by atoms with Gasteiger partial charge < -0.3 is 0 Å². The van der Waals surface area contributed by atoms with E-state index in [1.165, 1.54) is 31.5 Å². The zero-order valence-electron chi connectivity index (χ0n) is 9.39. The maximum absolute atomic E-state index is 2.54. The Kier molecular flexibility index (Phi) is 3.57. The number of rotatable bonds is 3. The first-order valence-corrected chi connectivity index (χ1v) is 5.83. The Morgan fingerprint density at radius 2 is 1.80 bits per heavy atom. The van der Waals surface area contributed by atoms with E-state index < -0.39 is 0 Å². The van der Waals surface area contributed by atoms with Crippen molar-refractivity contribution in [3.63, 3.8) is 0 Å². The molecule has 1 nitrogen and oxygen atoms in total. The van der Waals surface area contributed by atoms with Crippen LogP contribution in [0.2, 0.25) is 0 Å². The summed E-state index contributed by atoms with van der Waals surface area (Å²) >= 11 is 0. The molecule has 0 aliphatic carbocycles. The first kappa shape index (κ1) is 10.4. The van der Waals surface area contributed by atoms with Crippen molar-refractivity contribution < 1.29 is 0 Å². The summed E-state index contributed by atoms with van der Waals surface area (Å²) in [5.41, 5.74) is 1.29. The molecule has 0 bridgehead atoms. The lowest BCUT2D eigenvalue weighted by Crippen LogP contribution is -2.28. The van der Waals surface area contributed by atoms with Crippen LogP contribution in [0, 0.1) is 0 Å². The second kappa shape index (κ2) is 5.13. The second-order valence-electron chi connectivity index (χ2n) is 4.25. The van der Waals surface area contributed by atoms with Crippen LogP contribution in [0.5, 0.6) is 0 Å². The van der Waals surface area contributed by atoms with E-state index in [2.05, 4.69) is 54.3 Å². The average Bonchev–Trinajstić information content (AvgIpc) is 2.81. The Bertz CT molecular complexity index is 309. The van der Waals surface area contributed by atoms with Crippen LogP contribution in [-0.2, 0) is 0 Å². The van der Waals surface area contributed by atoms with Crippen molar-refractivity contribution >= 4 is 6.08 Å². The van der Waals surface area contributed by atoms with Gasteiger partial charge in [-0.25, -0.2) is 0 Å². The lowest BCUT2D eigenvalue weighted by Gasteiger charge is -2.20. The molecule has 1 fully saturated rings. The topological polar surface area (TPSA) is 3.24 Å². The van der Waals surface area contributed by atoms with Crippen LogP contribution in [0.3, 0.4) is 0 Å². The van der Waals surface area contributed by atoms with E-state index in [-0.39, 0.29) is 0 Å². The molecule has 0 N–H and O–H groups in total. The summed E-state index contributed by atoms with van der Waals surface area (Å²) in [4.78, 5) is 2.54. The molecule has 1 heteroatoms. The van der Waals surface area contributed by atoms with Crippen molar-refractivity contribution in [2.75, 3.05) is 13.1 Å². The van der Waals surface area contributed by atoms with Gasteiger partial charge in [0.05, 0.1) is 0 Å². The minimum Gasteiger partial charge on any atom is -0.297 e. The smallest absolute Gasteiger partial charge is 0.0253 e. The summed E-state index contributed by atoms with van der Waals surface area (Å²) in [6.45, 7) is 4.81. The summed E-state index contributed by atoms with van der Waals surface area (Å²) in [5, 5.41) is 0. The number of hydrogen-bond acceptors (Lipinski definition) is 1. The molecular formula is C14H19N. The summed E-state index contributed by atoms with van der Waals surface area (Å²) in [6, 6.07) is 11.1. The largest absolute Gasteiger partial charge is 0.297 e. The molecule has 0 spiro atoms. The van der Waals surface area contributed by atoms with Gasteiger partial charge in [-0.05, 0) is 38.4 Å². The third-order valence-corrected chi connectivity index (χ3v) is 3.08. The van der Waals surface area contributed by atoms with E-state index in [1.54, 1.807) is 0 Å². The summed E-state index contributed by atoms with van der Waals surface area (Å²) < 4.78 is 0. The number of likely N-dealkylation sites (tertiary alicyclic amines) is 1. The third-order valence-electron chi connectivity index (χ3n) is 3.08. The molecule has 0 saturated carbocycles. The summed E-state index contributed by atoms with van der Waals surface area (Å²) in [6.07, 6.45) is 7.26. The highest BCUT2D eigenvalue weighted by Gasteiger charge is 2.15. The number of benzene rings is 1. The fourth-order valence-corrected chi connectivity index (χ4v) is 2.09. The highest BCUT2D eigenvalue weighted by Crippen LogP contribution is 2.13. The van der Waals surface area contributed by atoms with Gasteiger partial charge in [0, 0.05) is 6.04 Å². The van der Waals surface area contributed by atoms with E-state index in [1.807, 2.05) is 0 Å². The molecule has 1 unspecified atom stereocenters. The van der Waals surface area contributed by atoms with Crippen molar-refractivity contribution in [1.82, 2.24) is 4.90 Å². The van der Waals surface area contributed by atoms with Crippen molar-refractivity contribution in [3.05, 3.63) is 42.0 Å². The maximum Gasteiger partial charge on any atom is 0.0253 e. The second-order valence-corrected chi connectivity index (χ2v) is 4.25. The van der Waals surface area contributed by atoms with Crippen LogP contribution in [0.25, 0.3) is 6.08 Å². The van der Waals surface area contributed by atoms with Crippen LogP contribution in [0.4, 0.5) is 0 Å². The van der Waals surface area contributed by atoms with Gasteiger partial charge in [-0.1, -0.05) is 42.5 Å². The molecule has 1 saturated heterocycles. The first-order valence-electron chi connectivity index (χ1n) is 5.83. The number of nitrogens with zero attached hydrogens (tertiary/aromatic N) is 1. The minimum absolute atomic E-state index is 0.577. The third kappa shape index (κ3) is 2.93. The Hall–Kier alpha value is -1.08. The minimum atomic E-state index is 0.577. The van der Waals surface area contributed by atoms with Crippen LogP contribution in [0.1, 0.15) is 25.3 Å². The molecule has 1 aliphatic heterocycles. The molecular weight excluding hydrogens is 182 g/mol. The van der Waals surface area contributed by atoms with E-state index in [4.69, 9.17) is 0 Å². The monoisotopic (exact) mass is 201 g/mol. The highest BCUT2D eigenvalue weighted by atomic mass is 15.2. The van der Waals surface area contributed by atoms with Crippen LogP contribution in [-0.4, -0.2) is 24.0 Å². The van der Waals surface area contributed by atoms with Gasteiger partial charge in [0.15, 0.2) is 0 Å². The first-order chi connectivity index (χ1) is 7.36. The molecule has 0 aromatic heterocycles. The van der Waals surface area contributed by atoms with Crippen molar-refractivity contribution in [2.24, 2.45) is 0 Å². The summed E-state index contributed by atoms with van der Waals surface area (Å²) in [7, 11) is 0. The predicted molar refractivity (Wildman–Crippen MR) is 65.7 cm³/mol. The maximum atomic E-state index is 2.54. The van der Waals surface area contributed by atoms with E-state index in [0.717, 1.165) is 0 Å². The van der Waals surface area contributed by atoms with Crippen molar-refractivity contribution in [1.29, 1.82) is 0 Å². The lowest BCUT2D eigenvalue weighted by molar-refractivity contribution is 0.301. The molecule has 1 heterocycles. The molecule has 1 aromatic rings. The normalized spacial score (nSPS) is 19.8. The predicted octanol–water partition coefficient (Wildman–Crippen LogP) is 3.18. The zero-order valence-corrected chi connectivity index (χ0v) is 9.39. The molecule has 15 heavy (non-hydrogen) atoms. The van der Waals surface area contributed by atoms with Gasteiger partial charge in [-0.2, -0.15) is 0 Å². The van der Waals surface area contributed by atoms with Gasteiger partial charge in [0.25, 0.3) is 0 Å². The van der Waals surface area contributed by atoms with E-state index in [9.17, 15) is 0 Å².